The number of amides is 2. The highest BCUT2D eigenvalue weighted by Crippen LogP contribution is 2.17. The Balaban J connectivity index is 1.97. The molecule has 4 nitrogen and oxygen atoms in total. The molecule has 0 bridgehead atoms. The molecule has 0 aliphatic heterocycles. The number of benzene rings is 2. The molecular weight excluding hydrogens is 356 g/mol. The molecule has 0 unspecified atom stereocenters. The van der Waals surface area contributed by atoms with Crippen LogP contribution in [0.3, 0.4) is 0 Å². The molecule has 23 heavy (non-hydrogen) atoms. The predicted molar refractivity (Wildman–Crippen MR) is 96.6 cm³/mol. The Morgan fingerprint density at radius 1 is 1.00 bits per heavy atom. The van der Waals surface area contributed by atoms with E-state index in [4.69, 9.17) is 0 Å². The third-order valence-corrected chi connectivity index (χ3v) is 3.60. The number of rotatable bonds is 5. The molecule has 0 heterocycles. The van der Waals surface area contributed by atoms with Gasteiger partial charge in [0.25, 0.3) is 5.91 Å². The first-order chi connectivity index (χ1) is 10.9. The molecule has 0 aromatic heterocycles. The van der Waals surface area contributed by atoms with Crippen LogP contribution in [0.4, 0.5) is 11.4 Å². The van der Waals surface area contributed by atoms with Crippen LogP contribution in [0.1, 0.15) is 30.6 Å². The Bertz CT molecular complexity index is 696. The van der Waals surface area contributed by atoms with Gasteiger partial charge in [-0.05, 0) is 48.4 Å². The van der Waals surface area contributed by atoms with Crippen molar-refractivity contribution in [1.82, 2.24) is 0 Å². The van der Waals surface area contributed by atoms with Gasteiger partial charge in [-0.1, -0.05) is 35.8 Å². The summed E-state index contributed by atoms with van der Waals surface area (Å²) in [4.78, 5) is 23.9. The van der Waals surface area contributed by atoms with Gasteiger partial charge in [0.05, 0.1) is 0 Å². The van der Waals surface area contributed by atoms with E-state index in [1.54, 1.807) is 36.4 Å². The summed E-state index contributed by atoms with van der Waals surface area (Å²) in [5.41, 5.74) is 1.97. The summed E-state index contributed by atoms with van der Waals surface area (Å²) in [5, 5.41) is 5.66. The first kappa shape index (κ1) is 17.2. The summed E-state index contributed by atoms with van der Waals surface area (Å²) in [5.74, 6) is 0.132. The number of carbonyl (C=O) groups excluding carboxylic acids is 2. The molecule has 0 saturated heterocycles. The van der Waals surface area contributed by atoms with E-state index in [-0.39, 0.29) is 11.8 Å². The fourth-order valence-corrected chi connectivity index (χ4v) is 2.45. The van der Waals surface area contributed by atoms with Crippen LogP contribution in [0.25, 0.3) is 0 Å². The van der Waals surface area contributed by atoms with Crippen molar-refractivity contribution in [2.45, 2.75) is 20.3 Å². The zero-order valence-corrected chi connectivity index (χ0v) is 14.7. The minimum atomic E-state index is -0.178. The standard InChI is InChI=1S/C18H19BrN2O2/c1-12(2)10-17(22)20-15-6-8-16(9-7-15)21-18(23)13-4-3-5-14(19)11-13/h3-9,11-12H,10H2,1-2H3,(H,20,22)(H,21,23). The van der Waals surface area contributed by atoms with E-state index in [0.29, 0.717) is 23.6 Å². The van der Waals surface area contributed by atoms with Crippen molar-refractivity contribution in [3.63, 3.8) is 0 Å². The van der Waals surface area contributed by atoms with Gasteiger partial charge in [0, 0.05) is 27.8 Å². The van der Waals surface area contributed by atoms with Crippen molar-refractivity contribution < 1.29 is 9.59 Å². The third-order valence-electron chi connectivity index (χ3n) is 3.11. The smallest absolute Gasteiger partial charge is 0.255 e. The highest BCUT2D eigenvalue weighted by molar-refractivity contribution is 9.10. The van der Waals surface area contributed by atoms with Crippen LogP contribution in [-0.2, 0) is 4.79 Å². The first-order valence-electron chi connectivity index (χ1n) is 7.41. The average Bonchev–Trinajstić information content (AvgIpc) is 2.48. The van der Waals surface area contributed by atoms with Crippen molar-refractivity contribution in [2.75, 3.05) is 10.6 Å². The van der Waals surface area contributed by atoms with Crippen LogP contribution in [-0.4, -0.2) is 11.8 Å². The summed E-state index contributed by atoms with van der Waals surface area (Å²) in [7, 11) is 0. The lowest BCUT2D eigenvalue weighted by Gasteiger charge is -2.09. The van der Waals surface area contributed by atoms with Gasteiger partial charge < -0.3 is 10.6 Å². The van der Waals surface area contributed by atoms with Crippen LogP contribution in [0, 0.1) is 5.92 Å². The number of hydrogen-bond donors (Lipinski definition) is 2. The maximum atomic E-state index is 12.1. The zero-order valence-electron chi connectivity index (χ0n) is 13.1. The van der Waals surface area contributed by atoms with Crippen molar-refractivity contribution in [3.8, 4) is 0 Å². The van der Waals surface area contributed by atoms with E-state index >= 15 is 0 Å². The van der Waals surface area contributed by atoms with Gasteiger partial charge in [-0.2, -0.15) is 0 Å². The third kappa shape index (κ3) is 5.53. The molecule has 0 spiro atoms. The molecule has 2 rings (SSSR count). The Morgan fingerprint density at radius 2 is 1.61 bits per heavy atom. The number of hydrogen-bond acceptors (Lipinski definition) is 2. The molecule has 0 fully saturated rings. The van der Waals surface area contributed by atoms with Crippen molar-refractivity contribution >= 4 is 39.1 Å². The lowest BCUT2D eigenvalue weighted by Crippen LogP contribution is -2.14. The minimum absolute atomic E-state index is 0.00841. The minimum Gasteiger partial charge on any atom is -0.326 e. The number of nitrogens with one attached hydrogen (secondary N) is 2. The van der Waals surface area contributed by atoms with Gasteiger partial charge in [0.1, 0.15) is 0 Å². The summed E-state index contributed by atoms with van der Waals surface area (Å²) in [6, 6.07) is 14.3. The van der Waals surface area contributed by atoms with Crippen LogP contribution in [0.5, 0.6) is 0 Å². The quantitative estimate of drug-likeness (QED) is 0.797. The van der Waals surface area contributed by atoms with E-state index in [0.717, 1.165) is 10.2 Å². The second-order valence-electron chi connectivity index (χ2n) is 5.69. The van der Waals surface area contributed by atoms with E-state index in [2.05, 4.69) is 26.6 Å². The fraction of sp³-hybridized carbons (Fsp3) is 0.222. The Morgan fingerprint density at radius 3 is 2.17 bits per heavy atom. The Labute approximate surface area is 144 Å². The van der Waals surface area contributed by atoms with Gasteiger partial charge in [-0.25, -0.2) is 0 Å². The zero-order chi connectivity index (χ0) is 16.8. The van der Waals surface area contributed by atoms with E-state index in [9.17, 15) is 9.59 Å². The Hall–Kier alpha value is -2.14. The van der Waals surface area contributed by atoms with Crippen molar-refractivity contribution in [3.05, 3.63) is 58.6 Å². The molecule has 2 N–H and O–H groups in total. The van der Waals surface area contributed by atoms with Gasteiger partial charge in [0.15, 0.2) is 0 Å². The lowest BCUT2D eigenvalue weighted by atomic mass is 10.1. The second kappa shape index (κ2) is 7.92. The van der Waals surface area contributed by atoms with Gasteiger partial charge in [-0.15, -0.1) is 0 Å². The number of carbonyl (C=O) groups is 2. The van der Waals surface area contributed by atoms with Crippen molar-refractivity contribution in [2.24, 2.45) is 5.92 Å². The highest BCUT2D eigenvalue weighted by Gasteiger charge is 2.08. The average molecular weight is 375 g/mol. The topological polar surface area (TPSA) is 58.2 Å². The molecule has 0 saturated carbocycles. The molecule has 0 aliphatic rings. The molecule has 0 atom stereocenters. The highest BCUT2D eigenvalue weighted by atomic mass is 79.9. The van der Waals surface area contributed by atoms with Crippen LogP contribution in [0.2, 0.25) is 0 Å². The van der Waals surface area contributed by atoms with Crippen LogP contribution >= 0.6 is 15.9 Å². The second-order valence-corrected chi connectivity index (χ2v) is 6.60. The van der Waals surface area contributed by atoms with Gasteiger partial charge >= 0.3 is 0 Å². The molecule has 5 heteroatoms. The molecular formula is C18H19BrN2O2. The molecule has 2 amide bonds. The summed E-state index contributed by atoms with van der Waals surface area (Å²) >= 11 is 3.34. The molecule has 2 aromatic rings. The van der Waals surface area contributed by atoms with Gasteiger partial charge in [0.2, 0.25) is 5.91 Å². The number of halogens is 1. The Kier molecular flexibility index (Phi) is 5.93. The normalized spacial score (nSPS) is 10.4. The maximum Gasteiger partial charge on any atom is 0.255 e. The van der Waals surface area contributed by atoms with E-state index in [1.165, 1.54) is 0 Å². The monoisotopic (exact) mass is 374 g/mol. The lowest BCUT2D eigenvalue weighted by molar-refractivity contribution is -0.116. The summed E-state index contributed by atoms with van der Waals surface area (Å²) < 4.78 is 0.855. The molecule has 2 aromatic carbocycles. The summed E-state index contributed by atoms with van der Waals surface area (Å²) in [6.45, 7) is 4.00. The largest absolute Gasteiger partial charge is 0.326 e. The number of anilines is 2. The van der Waals surface area contributed by atoms with E-state index in [1.807, 2.05) is 26.0 Å². The van der Waals surface area contributed by atoms with Gasteiger partial charge in [-0.3, -0.25) is 9.59 Å². The summed E-state index contributed by atoms with van der Waals surface area (Å²) in [6.07, 6.45) is 0.487. The van der Waals surface area contributed by atoms with Crippen LogP contribution < -0.4 is 10.6 Å². The maximum absolute atomic E-state index is 12.1. The molecule has 120 valence electrons. The van der Waals surface area contributed by atoms with E-state index < -0.39 is 0 Å². The fourth-order valence-electron chi connectivity index (χ4n) is 2.05. The molecule has 0 radical (unpaired) electrons. The SMILES string of the molecule is CC(C)CC(=O)Nc1ccc(NC(=O)c2cccc(Br)c2)cc1. The van der Waals surface area contributed by atoms with Crippen LogP contribution in [0.15, 0.2) is 53.0 Å². The molecule has 0 aliphatic carbocycles. The first-order valence-corrected chi connectivity index (χ1v) is 8.20. The predicted octanol–water partition coefficient (Wildman–Crippen LogP) is 4.69. The van der Waals surface area contributed by atoms with Crippen molar-refractivity contribution in [1.29, 1.82) is 0 Å².